The van der Waals surface area contributed by atoms with Gasteiger partial charge in [-0.3, -0.25) is 0 Å². The molecule has 2 N–H and O–H groups in total. The Morgan fingerprint density at radius 2 is 1.83 bits per heavy atom. The molecule has 0 aromatic carbocycles. The van der Waals surface area contributed by atoms with Crippen molar-refractivity contribution in [3.63, 3.8) is 0 Å². The number of nitrogens with two attached hydrogens (primary N) is 1. The van der Waals surface area contributed by atoms with Crippen molar-refractivity contribution < 1.29 is 18.5 Å². The molecule has 0 spiro atoms. The third kappa shape index (κ3) is 5.38. The Morgan fingerprint density at radius 1 is 1.25 bits per heavy atom. The molecule has 1 fully saturated rings. The van der Waals surface area contributed by atoms with E-state index in [1.165, 1.54) is 0 Å². The number of methoxy groups -OCH3 is 1. The maximum absolute atomic E-state index is 6.45. The summed E-state index contributed by atoms with van der Waals surface area (Å²) < 4.78 is 26.3. The Bertz CT molecular complexity index is 387. The second-order valence-corrected chi connectivity index (χ2v) is 8.03. The summed E-state index contributed by atoms with van der Waals surface area (Å²) in [6.07, 6.45) is 0.554. The van der Waals surface area contributed by atoms with E-state index in [4.69, 9.17) is 24.3 Å². The standard InChI is InChI=1S/C17H35N2O4P/c1-9-15-17(16(20-8)14(7)21-15)23-24(22-13(6)10-18)19(11(2)3)12(4)5/h11-12,14-17H,6,9-10,18H2,1-5,7-8H3/t14-,15+,16+,17?,24?/m0/s1. The highest BCUT2D eigenvalue weighted by Crippen LogP contribution is 2.50. The first-order chi connectivity index (χ1) is 11.3. The lowest BCUT2D eigenvalue weighted by Gasteiger charge is -2.38. The van der Waals surface area contributed by atoms with Gasteiger partial charge in [-0.25, -0.2) is 4.67 Å². The molecule has 7 heteroatoms. The van der Waals surface area contributed by atoms with Crippen molar-refractivity contribution in [2.75, 3.05) is 13.7 Å². The molecule has 0 aliphatic carbocycles. The van der Waals surface area contributed by atoms with Crippen LogP contribution in [0.3, 0.4) is 0 Å². The maximum Gasteiger partial charge on any atom is 0.321 e. The van der Waals surface area contributed by atoms with Gasteiger partial charge in [0.25, 0.3) is 0 Å². The van der Waals surface area contributed by atoms with E-state index in [0.717, 1.165) is 6.42 Å². The normalized spacial score (nSPS) is 28.8. The van der Waals surface area contributed by atoms with Crippen molar-refractivity contribution in [1.82, 2.24) is 4.67 Å². The molecule has 2 unspecified atom stereocenters. The molecule has 24 heavy (non-hydrogen) atoms. The first-order valence-corrected chi connectivity index (χ1v) is 9.88. The van der Waals surface area contributed by atoms with Crippen LogP contribution in [0.2, 0.25) is 0 Å². The smallest absolute Gasteiger partial charge is 0.321 e. The lowest BCUT2D eigenvalue weighted by molar-refractivity contribution is -0.000293. The molecule has 142 valence electrons. The molecule has 1 rings (SSSR count). The summed E-state index contributed by atoms with van der Waals surface area (Å²) in [7, 11) is 0.349. The summed E-state index contributed by atoms with van der Waals surface area (Å²) in [5, 5.41) is 0. The zero-order valence-electron chi connectivity index (χ0n) is 16.2. The van der Waals surface area contributed by atoms with Crippen LogP contribution in [0.5, 0.6) is 0 Å². The lowest BCUT2D eigenvalue weighted by atomic mass is 10.1. The van der Waals surface area contributed by atoms with Gasteiger partial charge in [-0.15, -0.1) is 0 Å². The summed E-state index contributed by atoms with van der Waals surface area (Å²) in [5.41, 5.74) is 5.67. The summed E-state index contributed by atoms with van der Waals surface area (Å²) in [6, 6.07) is 0.532. The highest BCUT2D eigenvalue weighted by Gasteiger charge is 2.46. The zero-order chi connectivity index (χ0) is 18.4. The van der Waals surface area contributed by atoms with Gasteiger partial charge in [0.2, 0.25) is 0 Å². The van der Waals surface area contributed by atoms with Crippen LogP contribution in [0.15, 0.2) is 12.3 Å². The predicted octanol–water partition coefficient (Wildman–Crippen LogP) is 3.42. The summed E-state index contributed by atoms with van der Waals surface area (Å²) in [5.74, 6) is 0.529. The molecule has 0 amide bonds. The van der Waals surface area contributed by atoms with Gasteiger partial charge < -0.3 is 24.3 Å². The fourth-order valence-corrected chi connectivity index (χ4v) is 4.80. The molecule has 0 saturated carbocycles. The van der Waals surface area contributed by atoms with Crippen molar-refractivity contribution in [2.45, 2.75) is 84.5 Å². The molecule has 1 aliphatic heterocycles. The minimum atomic E-state index is -1.35. The van der Waals surface area contributed by atoms with Crippen LogP contribution in [-0.2, 0) is 18.5 Å². The van der Waals surface area contributed by atoms with Crippen LogP contribution in [0.4, 0.5) is 0 Å². The van der Waals surface area contributed by atoms with Gasteiger partial charge in [0.15, 0.2) is 0 Å². The fraction of sp³-hybridized carbons (Fsp3) is 0.882. The highest BCUT2D eigenvalue weighted by molar-refractivity contribution is 7.44. The number of rotatable bonds is 10. The van der Waals surface area contributed by atoms with Gasteiger partial charge in [-0.05, 0) is 41.0 Å². The average Bonchev–Trinajstić information content (AvgIpc) is 2.81. The Hall–Kier alpha value is -0.230. The van der Waals surface area contributed by atoms with Crippen LogP contribution in [0.1, 0.15) is 48.0 Å². The largest absolute Gasteiger partial charge is 0.440 e. The summed E-state index contributed by atoms with van der Waals surface area (Å²) in [4.78, 5) is 0. The second-order valence-electron chi connectivity index (χ2n) is 6.70. The Morgan fingerprint density at radius 3 is 2.25 bits per heavy atom. The van der Waals surface area contributed by atoms with E-state index in [-0.39, 0.29) is 43.0 Å². The Balaban J connectivity index is 3.03. The van der Waals surface area contributed by atoms with Crippen LogP contribution in [0, 0.1) is 0 Å². The molecular weight excluding hydrogens is 327 g/mol. The quantitative estimate of drug-likeness (QED) is 0.474. The summed E-state index contributed by atoms with van der Waals surface area (Å²) >= 11 is 0. The van der Waals surface area contributed by atoms with Gasteiger partial charge >= 0.3 is 8.53 Å². The third-order valence-corrected chi connectivity index (χ3v) is 6.25. The van der Waals surface area contributed by atoms with Crippen molar-refractivity contribution in [3.8, 4) is 0 Å². The Kier molecular flexibility index (Phi) is 9.13. The van der Waals surface area contributed by atoms with Crippen molar-refractivity contribution in [1.29, 1.82) is 0 Å². The van der Waals surface area contributed by atoms with Crippen LogP contribution in [0.25, 0.3) is 0 Å². The molecule has 6 nitrogen and oxygen atoms in total. The SMILES string of the molecule is C=C(CN)OP(OC1[C@@H](CC)O[C@@H](C)[C@H]1OC)N(C(C)C)C(C)C. The lowest BCUT2D eigenvalue weighted by Crippen LogP contribution is -2.39. The van der Waals surface area contributed by atoms with Crippen LogP contribution in [-0.4, -0.2) is 54.8 Å². The van der Waals surface area contributed by atoms with E-state index >= 15 is 0 Å². The van der Waals surface area contributed by atoms with E-state index in [2.05, 4.69) is 45.9 Å². The number of hydrogen-bond acceptors (Lipinski definition) is 6. The van der Waals surface area contributed by atoms with Gasteiger partial charge in [0.05, 0.1) is 18.8 Å². The van der Waals surface area contributed by atoms with Gasteiger partial charge in [0.1, 0.15) is 18.0 Å². The fourth-order valence-electron chi connectivity index (χ4n) is 3.04. The van der Waals surface area contributed by atoms with Crippen LogP contribution >= 0.6 is 8.53 Å². The second kappa shape index (κ2) is 10.0. The molecule has 0 bridgehead atoms. The molecule has 1 saturated heterocycles. The van der Waals surface area contributed by atoms with E-state index in [1.807, 2.05) is 6.92 Å². The van der Waals surface area contributed by atoms with Crippen molar-refractivity contribution in [2.24, 2.45) is 5.73 Å². The number of ether oxygens (including phenoxy) is 2. The monoisotopic (exact) mass is 362 g/mol. The minimum Gasteiger partial charge on any atom is -0.440 e. The average molecular weight is 362 g/mol. The molecule has 5 atom stereocenters. The van der Waals surface area contributed by atoms with Crippen LogP contribution < -0.4 is 5.73 Å². The molecular formula is C17H35N2O4P. The number of nitrogens with zero attached hydrogens (tertiary/aromatic N) is 1. The van der Waals surface area contributed by atoms with E-state index in [0.29, 0.717) is 5.76 Å². The zero-order valence-corrected chi connectivity index (χ0v) is 17.1. The van der Waals surface area contributed by atoms with Gasteiger partial charge in [-0.2, -0.15) is 0 Å². The van der Waals surface area contributed by atoms with E-state index in [1.54, 1.807) is 7.11 Å². The number of hydrogen-bond donors (Lipinski definition) is 1. The molecule has 1 aliphatic rings. The summed E-state index contributed by atoms with van der Waals surface area (Å²) in [6.45, 7) is 16.8. The topological polar surface area (TPSA) is 66.2 Å². The molecule has 0 aromatic heterocycles. The first kappa shape index (κ1) is 21.8. The van der Waals surface area contributed by atoms with Crippen molar-refractivity contribution >= 4 is 8.53 Å². The first-order valence-electron chi connectivity index (χ1n) is 8.75. The maximum atomic E-state index is 6.45. The highest BCUT2D eigenvalue weighted by atomic mass is 31.2. The minimum absolute atomic E-state index is 0.00828. The predicted molar refractivity (Wildman–Crippen MR) is 98.6 cm³/mol. The molecule has 0 radical (unpaired) electrons. The molecule has 0 aromatic rings. The molecule has 1 heterocycles. The van der Waals surface area contributed by atoms with E-state index < -0.39 is 8.53 Å². The van der Waals surface area contributed by atoms with Gasteiger partial charge in [-0.1, -0.05) is 13.5 Å². The van der Waals surface area contributed by atoms with E-state index in [9.17, 15) is 0 Å². The van der Waals surface area contributed by atoms with Gasteiger partial charge in [0, 0.05) is 19.2 Å². The Labute approximate surface area is 148 Å². The van der Waals surface area contributed by atoms with Crippen molar-refractivity contribution in [3.05, 3.63) is 12.3 Å². The third-order valence-electron chi connectivity index (χ3n) is 4.11.